The highest BCUT2D eigenvalue weighted by Gasteiger charge is 2.44. The van der Waals surface area contributed by atoms with E-state index in [9.17, 15) is 14.4 Å². The number of amides is 2. The van der Waals surface area contributed by atoms with Crippen LogP contribution in [0.4, 0.5) is 4.79 Å². The molecule has 1 atom stereocenters. The van der Waals surface area contributed by atoms with Gasteiger partial charge in [-0.25, -0.2) is 9.59 Å². The minimum Gasteiger partial charge on any atom is -0.480 e. The quantitative estimate of drug-likeness (QED) is 0.518. The van der Waals surface area contributed by atoms with E-state index in [-0.39, 0.29) is 31.5 Å². The number of nitrogens with one attached hydrogen (secondary N) is 1. The number of carboxylic acids is 1. The number of rotatable bonds is 10. The van der Waals surface area contributed by atoms with Crippen molar-refractivity contribution in [1.29, 1.82) is 0 Å². The van der Waals surface area contributed by atoms with Crippen molar-refractivity contribution in [2.24, 2.45) is 0 Å². The van der Waals surface area contributed by atoms with Gasteiger partial charge in [-0.15, -0.1) is 0 Å². The second-order valence-electron chi connectivity index (χ2n) is 9.13. The smallest absolute Gasteiger partial charge is 0.407 e. The second kappa shape index (κ2) is 10.7. The van der Waals surface area contributed by atoms with Gasteiger partial charge in [-0.05, 0) is 47.6 Å². The lowest BCUT2D eigenvalue weighted by atomic mass is 9.95. The van der Waals surface area contributed by atoms with Crippen LogP contribution in [0, 0.1) is 0 Å². The van der Waals surface area contributed by atoms with Crippen molar-refractivity contribution in [3.05, 3.63) is 59.7 Å². The van der Waals surface area contributed by atoms with Crippen molar-refractivity contribution in [2.75, 3.05) is 38.3 Å². The first kappa shape index (κ1) is 25.1. The number of aliphatic carboxylic acids is 1. The average molecular weight is 499 g/mol. The number of nitrogens with zero attached hydrogens (tertiary/aromatic N) is 1. The zero-order chi connectivity index (χ0) is 25.0. The molecule has 0 unspecified atom stereocenters. The number of carbonyl (C=O) groups excluding carboxylic acids is 2. The first-order valence-electron chi connectivity index (χ1n) is 11.6. The molecule has 0 aromatic heterocycles. The topological polar surface area (TPSA) is 105 Å². The first-order chi connectivity index (χ1) is 16.8. The van der Waals surface area contributed by atoms with Crippen LogP contribution in [0.1, 0.15) is 30.4 Å². The van der Waals surface area contributed by atoms with Gasteiger partial charge in [0.1, 0.15) is 24.9 Å². The van der Waals surface area contributed by atoms with E-state index in [1.165, 1.54) is 0 Å². The van der Waals surface area contributed by atoms with Crippen molar-refractivity contribution in [2.45, 2.75) is 30.9 Å². The summed E-state index contributed by atoms with van der Waals surface area (Å²) >= 11 is 1.59. The zero-order valence-corrected chi connectivity index (χ0v) is 20.7. The largest absolute Gasteiger partial charge is 0.480 e. The van der Waals surface area contributed by atoms with Crippen molar-refractivity contribution < 1.29 is 29.0 Å². The maximum Gasteiger partial charge on any atom is 0.407 e. The van der Waals surface area contributed by atoms with E-state index in [1.54, 1.807) is 23.6 Å². The van der Waals surface area contributed by atoms with E-state index in [4.69, 9.17) is 14.6 Å². The SMILES string of the molecule is CSCC[C@H](NC(=O)OCC1c2ccccc2-c2ccccc21)C(=O)N1CC(C)(OCC(=O)O)C1. The highest BCUT2D eigenvalue weighted by Crippen LogP contribution is 2.44. The van der Waals surface area contributed by atoms with Gasteiger partial charge in [-0.2, -0.15) is 11.8 Å². The van der Waals surface area contributed by atoms with Gasteiger partial charge in [0.05, 0.1) is 13.1 Å². The summed E-state index contributed by atoms with van der Waals surface area (Å²) in [5.41, 5.74) is 3.85. The molecule has 186 valence electrons. The Kier molecular flexibility index (Phi) is 7.66. The number of thioether (sulfide) groups is 1. The normalized spacial score (nSPS) is 16.6. The molecule has 4 rings (SSSR count). The predicted octanol–water partition coefficient (Wildman–Crippen LogP) is 3.35. The molecule has 0 bridgehead atoms. The number of likely N-dealkylation sites (tertiary alicyclic amines) is 1. The Morgan fingerprint density at radius 1 is 1.11 bits per heavy atom. The number of carboxylic acid groups (broad SMARTS) is 1. The third-order valence-electron chi connectivity index (χ3n) is 6.45. The molecular weight excluding hydrogens is 468 g/mol. The van der Waals surface area contributed by atoms with Gasteiger partial charge in [0.25, 0.3) is 0 Å². The van der Waals surface area contributed by atoms with Crippen LogP contribution in [0.25, 0.3) is 11.1 Å². The highest BCUT2D eigenvalue weighted by atomic mass is 32.2. The molecule has 2 N–H and O–H groups in total. The molecule has 0 radical (unpaired) electrons. The van der Waals surface area contributed by atoms with Crippen LogP contribution < -0.4 is 5.32 Å². The predicted molar refractivity (Wildman–Crippen MR) is 134 cm³/mol. The maximum atomic E-state index is 13.1. The standard InChI is InChI=1S/C26H30N2O6S/c1-26(34-14-23(29)30)15-28(16-26)24(31)22(11-12-35-2)27-25(32)33-13-21-19-9-5-3-7-17(19)18-8-4-6-10-20(18)21/h3-10,21-22H,11-16H2,1-2H3,(H,27,32)(H,29,30)/t22-/m0/s1. The molecule has 2 aliphatic rings. The van der Waals surface area contributed by atoms with E-state index >= 15 is 0 Å². The van der Waals surface area contributed by atoms with Crippen molar-refractivity contribution in [3.8, 4) is 11.1 Å². The number of hydrogen-bond acceptors (Lipinski definition) is 6. The molecule has 0 spiro atoms. The fourth-order valence-electron chi connectivity index (χ4n) is 4.74. The number of carbonyl (C=O) groups is 3. The number of alkyl carbamates (subject to hydrolysis) is 1. The minimum absolute atomic E-state index is 0.0593. The Balaban J connectivity index is 1.36. The van der Waals surface area contributed by atoms with Gasteiger partial charge in [0.2, 0.25) is 5.91 Å². The Bertz CT molecular complexity index is 1060. The molecule has 0 saturated carbocycles. The second-order valence-corrected chi connectivity index (χ2v) is 10.1. The lowest BCUT2D eigenvalue weighted by Crippen LogP contribution is -2.66. The molecule has 1 heterocycles. The molecule has 1 fully saturated rings. The Labute approximate surface area is 209 Å². The summed E-state index contributed by atoms with van der Waals surface area (Å²) < 4.78 is 11.0. The van der Waals surface area contributed by atoms with E-state index in [0.29, 0.717) is 12.2 Å². The first-order valence-corrected chi connectivity index (χ1v) is 13.0. The van der Waals surface area contributed by atoms with Gasteiger partial charge < -0.3 is 24.8 Å². The van der Waals surface area contributed by atoms with E-state index in [1.807, 2.05) is 30.5 Å². The monoisotopic (exact) mass is 498 g/mol. The van der Waals surface area contributed by atoms with Gasteiger partial charge in [-0.1, -0.05) is 48.5 Å². The number of hydrogen-bond donors (Lipinski definition) is 2. The van der Waals surface area contributed by atoms with Gasteiger partial charge in [-0.3, -0.25) is 4.79 Å². The summed E-state index contributed by atoms with van der Waals surface area (Å²) in [7, 11) is 0. The zero-order valence-electron chi connectivity index (χ0n) is 19.9. The van der Waals surface area contributed by atoms with Crippen LogP contribution in [0.15, 0.2) is 48.5 Å². The Morgan fingerprint density at radius 2 is 1.71 bits per heavy atom. The molecule has 8 nitrogen and oxygen atoms in total. The molecule has 1 aliphatic carbocycles. The summed E-state index contributed by atoms with van der Waals surface area (Å²) in [4.78, 5) is 38.1. The van der Waals surface area contributed by atoms with E-state index in [0.717, 1.165) is 22.3 Å². The minimum atomic E-state index is -1.05. The van der Waals surface area contributed by atoms with Gasteiger partial charge >= 0.3 is 12.1 Å². The van der Waals surface area contributed by atoms with E-state index < -0.39 is 30.3 Å². The lowest BCUT2D eigenvalue weighted by molar-refractivity contribution is -0.174. The Hall–Kier alpha value is -3.04. The molecular formula is C26H30N2O6S. The number of ether oxygens (including phenoxy) is 2. The molecule has 2 aromatic carbocycles. The molecule has 35 heavy (non-hydrogen) atoms. The summed E-state index contributed by atoms with van der Waals surface area (Å²) in [6.07, 6.45) is 1.78. The van der Waals surface area contributed by atoms with Crippen LogP contribution in [-0.2, 0) is 19.1 Å². The van der Waals surface area contributed by atoms with Crippen LogP contribution >= 0.6 is 11.8 Å². The molecule has 1 saturated heterocycles. The maximum absolute atomic E-state index is 13.1. The fourth-order valence-corrected chi connectivity index (χ4v) is 5.21. The molecule has 1 aliphatic heterocycles. The molecule has 9 heteroatoms. The number of fused-ring (bicyclic) bond motifs is 3. The summed E-state index contributed by atoms with van der Waals surface area (Å²) in [6, 6.07) is 15.5. The van der Waals surface area contributed by atoms with Crippen LogP contribution in [0.5, 0.6) is 0 Å². The lowest BCUT2D eigenvalue weighted by Gasteiger charge is -2.48. The van der Waals surface area contributed by atoms with E-state index in [2.05, 4.69) is 29.6 Å². The molecule has 2 aromatic rings. The third kappa shape index (κ3) is 5.62. The molecule has 2 amide bonds. The fraction of sp³-hybridized carbons (Fsp3) is 0.423. The van der Waals surface area contributed by atoms with Crippen LogP contribution in [0.3, 0.4) is 0 Å². The van der Waals surface area contributed by atoms with Crippen LogP contribution in [-0.4, -0.2) is 77.9 Å². The van der Waals surface area contributed by atoms with Crippen molar-refractivity contribution in [3.63, 3.8) is 0 Å². The highest BCUT2D eigenvalue weighted by molar-refractivity contribution is 7.98. The van der Waals surface area contributed by atoms with Gasteiger partial charge in [0, 0.05) is 5.92 Å². The summed E-state index contributed by atoms with van der Waals surface area (Å²) in [5, 5.41) is 11.6. The summed E-state index contributed by atoms with van der Waals surface area (Å²) in [5.74, 6) is -0.633. The van der Waals surface area contributed by atoms with Crippen molar-refractivity contribution >= 4 is 29.7 Å². The summed E-state index contributed by atoms with van der Waals surface area (Å²) in [6.45, 7) is 2.10. The average Bonchev–Trinajstić information content (AvgIpc) is 3.15. The third-order valence-corrected chi connectivity index (χ3v) is 7.09. The van der Waals surface area contributed by atoms with Crippen molar-refractivity contribution in [1.82, 2.24) is 10.2 Å². The van der Waals surface area contributed by atoms with Gasteiger partial charge in [0.15, 0.2) is 0 Å². The number of benzene rings is 2. The van der Waals surface area contributed by atoms with Crippen LogP contribution in [0.2, 0.25) is 0 Å². The Morgan fingerprint density at radius 3 is 2.29 bits per heavy atom.